The fourth-order valence-corrected chi connectivity index (χ4v) is 2.35. The first kappa shape index (κ1) is 14.8. The van der Waals surface area contributed by atoms with Gasteiger partial charge in [0.2, 0.25) is 0 Å². The standard InChI is InChI=1S/C19H25N/c1-2-17-11-13-19(14-12-17)16-20-15-7-6-10-18-8-4-3-5-9-18/h3-5,8-9,11-14,20H,2,6-7,10,15-16H2,1H3. The van der Waals surface area contributed by atoms with Gasteiger partial charge in [0.05, 0.1) is 0 Å². The zero-order valence-corrected chi connectivity index (χ0v) is 12.4. The third-order valence-corrected chi connectivity index (χ3v) is 3.67. The molecule has 20 heavy (non-hydrogen) atoms. The minimum Gasteiger partial charge on any atom is -0.313 e. The number of rotatable bonds is 8. The van der Waals surface area contributed by atoms with Crippen LogP contribution in [0.15, 0.2) is 54.6 Å². The second kappa shape index (κ2) is 8.55. The molecule has 0 fully saturated rings. The van der Waals surface area contributed by atoms with Gasteiger partial charge in [-0.1, -0.05) is 61.5 Å². The van der Waals surface area contributed by atoms with Crippen LogP contribution in [0.25, 0.3) is 0 Å². The summed E-state index contributed by atoms with van der Waals surface area (Å²) in [7, 11) is 0. The van der Waals surface area contributed by atoms with Crippen LogP contribution in [-0.2, 0) is 19.4 Å². The molecule has 2 aromatic rings. The van der Waals surface area contributed by atoms with Crippen LogP contribution in [0.3, 0.4) is 0 Å². The number of unbranched alkanes of at least 4 members (excludes halogenated alkanes) is 1. The van der Waals surface area contributed by atoms with Crippen molar-refractivity contribution >= 4 is 0 Å². The number of hydrogen-bond acceptors (Lipinski definition) is 1. The van der Waals surface area contributed by atoms with E-state index in [2.05, 4.69) is 66.8 Å². The Labute approximate surface area is 123 Å². The lowest BCUT2D eigenvalue weighted by Crippen LogP contribution is -2.14. The second-order valence-electron chi connectivity index (χ2n) is 5.29. The molecule has 0 amide bonds. The van der Waals surface area contributed by atoms with Gasteiger partial charge in [0.15, 0.2) is 0 Å². The first-order chi connectivity index (χ1) is 9.88. The molecule has 1 nitrogen and oxygen atoms in total. The van der Waals surface area contributed by atoms with Crippen molar-refractivity contribution in [2.45, 2.75) is 39.2 Å². The van der Waals surface area contributed by atoms with E-state index in [1.165, 1.54) is 36.0 Å². The van der Waals surface area contributed by atoms with E-state index in [9.17, 15) is 0 Å². The molecule has 1 N–H and O–H groups in total. The summed E-state index contributed by atoms with van der Waals surface area (Å²) in [6.45, 7) is 4.28. The SMILES string of the molecule is CCc1ccc(CNCCCCc2ccccc2)cc1. The maximum atomic E-state index is 3.53. The van der Waals surface area contributed by atoms with E-state index in [-0.39, 0.29) is 0 Å². The van der Waals surface area contributed by atoms with Crippen LogP contribution in [0, 0.1) is 0 Å². The first-order valence-corrected chi connectivity index (χ1v) is 7.71. The van der Waals surface area contributed by atoms with Crippen molar-refractivity contribution in [3.63, 3.8) is 0 Å². The van der Waals surface area contributed by atoms with Gasteiger partial charge in [-0.2, -0.15) is 0 Å². The van der Waals surface area contributed by atoms with Crippen LogP contribution in [-0.4, -0.2) is 6.54 Å². The Kier molecular flexibility index (Phi) is 6.33. The molecule has 0 bridgehead atoms. The minimum absolute atomic E-state index is 0.981. The van der Waals surface area contributed by atoms with Crippen LogP contribution in [0.1, 0.15) is 36.5 Å². The second-order valence-corrected chi connectivity index (χ2v) is 5.29. The average molecular weight is 267 g/mol. The summed E-state index contributed by atoms with van der Waals surface area (Å²) in [5.41, 5.74) is 4.24. The molecule has 0 saturated heterocycles. The zero-order chi connectivity index (χ0) is 14.0. The van der Waals surface area contributed by atoms with Crippen molar-refractivity contribution in [2.75, 3.05) is 6.54 Å². The van der Waals surface area contributed by atoms with Crippen LogP contribution >= 0.6 is 0 Å². The molecule has 0 aliphatic heterocycles. The lowest BCUT2D eigenvalue weighted by atomic mass is 10.1. The van der Waals surface area contributed by atoms with Crippen molar-refractivity contribution in [3.8, 4) is 0 Å². The number of hydrogen-bond donors (Lipinski definition) is 1. The van der Waals surface area contributed by atoms with E-state index >= 15 is 0 Å². The van der Waals surface area contributed by atoms with Gasteiger partial charge < -0.3 is 5.32 Å². The van der Waals surface area contributed by atoms with Gasteiger partial charge in [-0.15, -0.1) is 0 Å². The molecule has 0 aliphatic carbocycles. The summed E-state index contributed by atoms with van der Waals surface area (Å²) in [4.78, 5) is 0. The van der Waals surface area contributed by atoms with Gasteiger partial charge in [-0.3, -0.25) is 0 Å². The minimum atomic E-state index is 0.981. The van der Waals surface area contributed by atoms with E-state index in [1.807, 2.05) is 0 Å². The summed E-state index contributed by atoms with van der Waals surface area (Å²) in [6, 6.07) is 19.7. The zero-order valence-electron chi connectivity index (χ0n) is 12.4. The highest BCUT2D eigenvalue weighted by molar-refractivity contribution is 5.22. The third-order valence-electron chi connectivity index (χ3n) is 3.67. The van der Waals surface area contributed by atoms with Crippen LogP contribution in [0.2, 0.25) is 0 Å². The predicted molar refractivity (Wildman–Crippen MR) is 86.9 cm³/mol. The number of benzene rings is 2. The Morgan fingerprint density at radius 2 is 1.45 bits per heavy atom. The summed E-state index contributed by atoms with van der Waals surface area (Å²) in [5, 5.41) is 3.53. The van der Waals surface area contributed by atoms with Gasteiger partial charge in [-0.05, 0) is 48.9 Å². The van der Waals surface area contributed by atoms with Gasteiger partial charge in [0, 0.05) is 6.54 Å². The number of aryl methyl sites for hydroxylation is 2. The van der Waals surface area contributed by atoms with Crippen molar-refractivity contribution in [1.29, 1.82) is 0 Å². The first-order valence-electron chi connectivity index (χ1n) is 7.71. The van der Waals surface area contributed by atoms with Gasteiger partial charge in [0.1, 0.15) is 0 Å². The van der Waals surface area contributed by atoms with Crippen molar-refractivity contribution < 1.29 is 0 Å². The Morgan fingerprint density at radius 1 is 0.750 bits per heavy atom. The molecule has 0 unspecified atom stereocenters. The summed E-state index contributed by atoms with van der Waals surface area (Å²) >= 11 is 0. The van der Waals surface area contributed by atoms with Crippen molar-refractivity contribution in [3.05, 3.63) is 71.3 Å². The number of nitrogens with one attached hydrogen (secondary N) is 1. The van der Waals surface area contributed by atoms with Crippen molar-refractivity contribution in [1.82, 2.24) is 5.32 Å². The Hall–Kier alpha value is -1.60. The molecule has 0 spiro atoms. The lowest BCUT2D eigenvalue weighted by molar-refractivity contribution is 0.623. The Bertz CT molecular complexity index is 473. The molecule has 2 aromatic carbocycles. The van der Waals surface area contributed by atoms with E-state index < -0.39 is 0 Å². The fraction of sp³-hybridized carbons (Fsp3) is 0.368. The van der Waals surface area contributed by atoms with Crippen LogP contribution < -0.4 is 5.32 Å². The van der Waals surface area contributed by atoms with E-state index in [0.717, 1.165) is 19.5 Å². The highest BCUT2D eigenvalue weighted by atomic mass is 14.8. The molecular formula is C19H25N. The van der Waals surface area contributed by atoms with E-state index in [4.69, 9.17) is 0 Å². The highest BCUT2D eigenvalue weighted by Gasteiger charge is 1.95. The van der Waals surface area contributed by atoms with Gasteiger partial charge in [0.25, 0.3) is 0 Å². The summed E-state index contributed by atoms with van der Waals surface area (Å²) in [5.74, 6) is 0. The molecule has 0 aromatic heterocycles. The molecule has 0 atom stereocenters. The topological polar surface area (TPSA) is 12.0 Å². The molecule has 0 saturated carbocycles. The fourth-order valence-electron chi connectivity index (χ4n) is 2.35. The van der Waals surface area contributed by atoms with E-state index in [0.29, 0.717) is 0 Å². The lowest BCUT2D eigenvalue weighted by Gasteiger charge is -2.06. The van der Waals surface area contributed by atoms with E-state index in [1.54, 1.807) is 0 Å². The third kappa shape index (κ3) is 5.18. The van der Waals surface area contributed by atoms with Crippen LogP contribution in [0.5, 0.6) is 0 Å². The monoisotopic (exact) mass is 267 g/mol. The molecular weight excluding hydrogens is 242 g/mol. The van der Waals surface area contributed by atoms with Crippen molar-refractivity contribution in [2.24, 2.45) is 0 Å². The molecule has 0 aliphatic rings. The normalized spacial score (nSPS) is 10.7. The Morgan fingerprint density at radius 3 is 2.15 bits per heavy atom. The maximum Gasteiger partial charge on any atom is 0.0205 e. The van der Waals surface area contributed by atoms with Gasteiger partial charge in [-0.25, -0.2) is 0 Å². The molecule has 0 radical (unpaired) electrons. The maximum absolute atomic E-state index is 3.53. The smallest absolute Gasteiger partial charge is 0.0205 e. The Balaban J connectivity index is 1.57. The summed E-state index contributed by atoms with van der Waals surface area (Å²) < 4.78 is 0. The van der Waals surface area contributed by atoms with Crippen LogP contribution in [0.4, 0.5) is 0 Å². The molecule has 0 heterocycles. The quantitative estimate of drug-likeness (QED) is 0.701. The molecule has 1 heteroatoms. The molecule has 106 valence electrons. The highest BCUT2D eigenvalue weighted by Crippen LogP contribution is 2.06. The van der Waals surface area contributed by atoms with Gasteiger partial charge >= 0.3 is 0 Å². The molecule has 2 rings (SSSR count). The average Bonchev–Trinajstić information content (AvgIpc) is 2.52. The largest absolute Gasteiger partial charge is 0.313 e. The predicted octanol–water partition coefficient (Wildman–Crippen LogP) is 4.36. The summed E-state index contributed by atoms with van der Waals surface area (Å²) in [6.07, 6.45) is 4.80.